The van der Waals surface area contributed by atoms with Gasteiger partial charge in [-0.2, -0.15) is 0 Å². The van der Waals surface area contributed by atoms with E-state index >= 15 is 0 Å². The number of nitrogens with zero attached hydrogens (tertiary/aromatic N) is 1. The Morgan fingerprint density at radius 1 is 1.25 bits per heavy atom. The maximum absolute atomic E-state index is 12.6. The molecule has 0 saturated carbocycles. The number of hydrogen-bond acceptors (Lipinski definition) is 2. The number of imidazole rings is 1. The maximum atomic E-state index is 12.6. The van der Waals surface area contributed by atoms with Crippen LogP contribution >= 0.6 is 0 Å². The van der Waals surface area contributed by atoms with Gasteiger partial charge in [0.05, 0.1) is 6.54 Å². The first-order chi connectivity index (χ1) is 7.74. The Balaban J connectivity index is 1.82. The van der Waals surface area contributed by atoms with Crippen molar-refractivity contribution in [2.75, 3.05) is 0 Å². The molecule has 0 amide bonds. The van der Waals surface area contributed by atoms with Crippen LogP contribution in [0, 0.1) is 12.7 Å². The molecule has 0 aliphatic heterocycles. The second-order valence-electron chi connectivity index (χ2n) is 3.74. The van der Waals surface area contributed by atoms with E-state index in [2.05, 4.69) is 15.3 Å². The van der Waals surface area contributed by atoms with Gasteiger partial charge in [-0.15, -0.1) is 0 Å². The number of halogens is 1. The summed E-state index contributed by atoms with van der Waals surface area (Å²) in [6, 6.07) is 6.48. The molecular formula is C12H14FN3. The number of hydrogen-bond donors (Lipinski definition) is 2. The molecule has 16 heavy (non-hydrogen) atoms. The highest BCUT2D eigenvalue weighted by molar-refractivity contribution is 5.15. The molecule has 2 rings (SSSR count). The van der Waals surface area contributed by atoms with E-state index in [9.17, 15) is 4.39 Å². The van der Waals surface area contributed by atoms with Gasteiger partial charge >= 0.3 is 0 Å². The van der Waals surface area contributed by atoms with Gasteiger partial charge in [0.25, 0.3) is 0 Å². The predicted molar refractivity (Wildman–Crippen MR) is 60.3 cm³/mol. The van der Waals surface area contributed by atoms with Gasteiger partial charge in [0.2, 0.25) is 0 Å². The van der Waals surface area contributed by atoms with Crippen LogP contribution in [0.25, 0.3) is 0 Å². The van der Waals surface area contributed by atoms with Crippen LogP contribution in [0.4, 0.5) is 4.39 Å². The summed E-state index contributed by atoms with van der Waals surface area (Å²) >= 11 is 0. The lowest BCUT2D eigenvalue weighted by molar-refractivity contribution is 0.624. The van der Waals surface area contributed by atoms with Gasteiger partial charge in [-0.3, -0.25) is 0 Å². The van der Waals surface area contributed by atoms with Crippen molar-refractivity contribution in [3.8, 4) is 0 Å². The van der Waals surface area contributed by atoms with Crippen molar-refractivity contribution < 1.29 is 4.39 Å². The van der Waals surface area contributed by atoms with Crippen LogP contribution in [0.15, 0.2) is 30.5 Å². The monoisotopic (exact) mass is 219 g/mol. The molecule has 1 aromatic carbocycles. The molecule has 0 saturated heterocycles. The summed E-state index contributed by atoms with van der Waals surface area (Å²) in [5.41, 5.74) is 2.11. The van der Waals surface area contributed by atoms with Gasteiger partial charge in [-0.25, -0.2) is 9.37 Å². The summed E-state index contributed by atoms with van der Waals surface area (Å²) in [7, 11) is 0. The average molecular weight is 219 g/mol. The molecule has 2 aromatic rings. The first-order valence-electron chi connectivity index (χ1n) is 5.20. The molecule has 0 aliphatic rings. The molecule has 1 heterocycles. The number of aromatic amines is 1. The van der Waals surface area contributed by atoms with Crippen molar-refractivity contribution in [2.45, 2.75) is 20.0 Å². The van der Waals surface area contributed by atoms with Crippen LogP contribution in [0.3, 0.4) is 0 Å². The lowest BCUT2D eigenvalue weighted by Gasteiger charge is -2.02. The molecule has 3 nitrogen and oxygen atoms in total. The number of aromatic nitrogens is 2. The first kappa shape index (κ1) is 10.8. The van der Waals surface area contributed by atoms with Crippen molar-refractivity contribution in [1.82, 2.24) is 15.3 Å². The number of aryl methyl sites for hydroxylation is 1. The molecule has 0 aliphatic carbocycles. The number of rotatable bonds is 4. The van der Waals surface area contributed by atoms with E-state index in [-0.39, 0.29) is 5.82 Å². The molecule has 84 valence electrons. The molecule has 0 fully saturated rings. The molecule has 1 aromatic heterocycles. The Morgan fingerprint density at radius 2 is 2.00 bits per heavy atom. The van der Waals surface area contributed by atoms with Crippen molar-refractivity contribution in [2.24, 2.45) is 0 Å². The minimum Gasteiger partial charge on any atom is -0.345 e. The lowest BCUT2D eigenvalue weighted by Crippen LogP contribution is -2.13. The zero-order chi connectivity index (χ0) is 11.4. The average Bonchev–Trinajstić information content (AvgIpc) is 2.67. The zero-order valence-corrected chi connectivity index (χ0v) is 9.13. The van der Waals surface area contributed by atoms with Gasteiger partial charge < -0.3 is 10.3 Å². The van der Waals surface area contributed by atoms with Crippen molar-refractivity contribution in [3.63, 3.8) is 0 Å². The highest BCUT2D eigenvalue weighted by atomic mass is 19.1. The first-order valence-corrected chi connectivity index (χ1v) is 5.20. The fraction of sp³-hybridized carbons (Fsp3) is 0.250. The van der Waals surface area contributed by atoms with Crippen LogP contribution in [0.2, 0.25) is 0 Å². The highest BCUT2D eigenvalue weighted by Gasteiger charge is 1.97. The molecule has 2 N–H and O–H groups in total. The molecule has 4 heteroatoms. The van der Waals surface area contributed by atoms with Crippen LogP contribution < -0.4 is 5.32 Å². The summed E-state index contributed by atoms with van der Waals surface area (Å²) in [4.78, 5) is 7.32. The van der Waals surface area contributed by atoms with E-state index in [1.54, 1.807) is 18.3 Å². The Labute approximate surface area is 93.7 Å². The fourth-order valence-electron chi connectivity index (χ4n) is 1.48. The van der Waals surface area contributed by atoms with Crippen LogP contribution in [0.5, 0.6) is 0 Å². The van der Waals surface area contributed by atoms with E-state index in [0.29, 0.717) is 13.1 Å². The van der Waals surface area contributed by atoms with E-state index in [1.807, 2.05) is 6.92 Å². The maximum Gasteiger partial charge on any atom is 0.123 e. The Kier molecular flexibility index (Phi) is 3.31. The van der Waals surface area contributed by atoms with Crippen molar-refractivity contribution in [1.29, 1.82) is 0 Å². The minimum atomic E-state index is -0.203. The van der Waals surface area contributed by atoms with Gasteiger partial charge in [-0.1, -0.05) is 12.1 Å². The summed E-state index contributed by atoms with van der Waals surface area (Å²) in [6.45, 7) is 3.36. The van der Waals surface area contributed by atoms with E-state index in [4.69, 9.17) is 0 Å². The Morgan fingerprint density at radius 3 is 2.62 bits per heavy atom. The number of H-pyrrole nitrogens is 1. The molecule has 0 unspecified atom stereocenters. The SMILES string of the molecule is Cc1cnc(CNCc2ccc(F)cc2)[nH]1. The second kappa shape index (κ2) is 4.90. The van der Waals surface area contributed by atoms with Crippen LogP contribution in [-0.4, -0.2) is 9.97 Å². The summed E-state index contributed by atoms with van der Waals surface area (Å²) < 4.78 is 12.6. The smallest absolute Gasteiger partial charge is 0.123 e. The van der Waals surface area contributed by atoms with Gasteiger partial charge in [0.1, 0.15) is 11.6 Å². The van der Waals surface area contributed by atoms with Crippen molar-refractivity contribution in [3.05, 3.63) is 53.4 Å². The third-order valence-corrected chi connectivity index (χ3v) is 2.29. The van der Waals surface area contributed by atoms with E-state index in [1.165, 1.54) is 12.1 Å². The van der Waals surface area contributed by atoms with Gasteiger partial charge in [0.15, 0.2) is 0 Å². The molecule has 0 bridgehead atoms. The van der Waals surface area contributed by atoms with Crippen molar-refractivity contribution >= 4 is 0 Å². The fourth-order valence-corrected chi connectivity index (χ4v) is 1.48. The summed E-state index contributed by atoms with van der Waals surface area (Å²) in [6.07, 6.45) is 1.80. The number of nitrogens with one attached hydrogen (secondary N) is 2. The molecular weight excluding hydrogens is 205 g/mol. The molecule has 0 atom stereocenters. The van der Waals surface area contributed by atoms with Crippen LogP contribution in [0.1, 0.15) is 17.1 Å². The Hall–Kier alpha value is -1.68. The highest BCUT2D eigenvalue weighted by Crippen LogP contribution is 2.02. The quantitative estimate of drug-likeness (QED) is 0.827. The lowest BCUT2D eigenvalue weighted by atomic mass is 10.2. The largest absolute Gasteiger partial charge is 0.345 e. The van der Waals surface area contributed by atoms with Crippen LogP contribution in [-0.2, 0) is 13.1 Å². The molecule has 0 spiro atoms. The normalized spacial score (nSPS) is 10.6. The third-order valence-electron chi connectivity index (χ3n) is 2.29. The molecule has 0 radical (unpaired) electrons. The minimum absolute atomic E-state index is 0.203. The second-order valence-corrected chi connectivity index (χ2v) is 3.74. The topological polar surface area (TPSA) is 40.7 Å². The number of benzene rings is 1. The summed E-state index contributed by atoms with van der Waals surface area (Å²) in [5.74, 6) is 0.713. The van der Waals surface area contributed by atoms with E-state index in [0.717, 1.165) is 17.1 Å². The summed E-state index contributed by atoms with van der Waals surface area (Å²) in [5, 5.41) is 3.23. The van der Waals surface area contributed by atoms with Gasteiger partial charge in [0, 0.05) is 18.4 Å². The predicted octanol–water partition coefficient (Wildman–Crippen LogP) is 2.15. The Bertz CT molecular complexity index is 448. The van der Waals surface area contributed by atoms with Gasteiger partial charge in [-0.05, 0) is 24.6 Å². The third kappa shape index (κ3) is 2.90. The zero-order valence-electron chi connectivity index (χ0n) is 9.13. The van der Waals surface area contributed by atoms with E-state index < -0.39 is 0 Å². The standard InChI is InChI=1S/C12H14FN3/c1-9-6-15-12(16-9)8-14-7-10-2-4-11(13)5-3-10/h2-6,14H,7-8H2,1H3,(H,15,16).